The van der Waals surface area contributed by atoms with E-state index in [4.69, 9.17) is 4.42 Å². The topological polar surface area (TPSA) is 89.1 Å². The summed E-state index contributed by atoms with van der Waals surface area (Å²) >= 11 is 0. The second-order valence-corrected chi connectivity index (χ2v) is 6.74. The second-order valence-electron chi connectivity index (χ2n) is 6.74. The van der Waals surface area contributed by atoms with Crippen LogP contribution in [0, 0.1) is 6.92 Å². The van der Waals surface area contributed by atoms with E-state index in [9.17, 15) is 4.79 Å². The maximum Gasteiger partial charge on any atom is 0.271 e. The van der Waals surface area contributed by atoms with Crippen LogP contribution < -0.4 is 5.32 Å². The number of rotatable bonds is 5. The molecule has 140 valence electrons. The van der Waals surface area contributed by atoms with Gasteiger partial charge in [0.15, 0.2) is 0 Å². The quantitative estimate of drug-likeness (QED) is 0.744. The third-order valence-corrected chi connectivity index (χ3v) is 4.79. The molecule has 4 heterocycles. The monoisotopic (exact) mass is 366 g/mol. The number of carbonyl (C=O) groups excluding carboxylic acids is 1. The lowest BCUT2D eigenvalue weighted by atomic mass is 10.2. The summed E-state index contributed by atoms with van der Waals surface area (Å²) < 4.78 is 7.51. The van der Waals surface area contributed by atoms with Crippen LogP contribution in [0.25, 0.3) is 0 Å². The number of amides is 1. The first-order valence-electron chi connectivity index (χ1n) is 8.99. The van der Waals surface area contributed by atoms with Crippen LogP contribution in [0.4, 0.5) is 0 Å². The van der Waals surface area contributed by atoms with Crippen molar-refractivity contribution in [3.05, 3.63) is 65.7 Å². The van der Waals surface area contributed by atoms with Gasteiger partial charge in [-0.1, -0.05) is 0 Å². The average molecular weight is 366 g/mol. The van der Waals surface area contributed by atoms with Crippen LogP contribution in [0.2, 0.25) is 0 Å². The summed E-state index contributed by atoms with van der Waals surface area (Å²) in [6, 6.07) is 3.97. The van der Waals surface area contributed by atoms with Gasteiger partial charge in [-0.3, -0.25) is 19.7 Å². The van der Waals surface area contributed by atoms with E-state index >= 15 is 0 Å². The van der Waals surface area contributed by atoms with Crippen LogP contribution in [-0.4, -0.2) is 36.9 Å². The molecule has 4 rings (SSSR count). The molecule has 0 saturated heterocycles. The number of hydrogen-bond donors (Lipinski definition) is 1. The Balaban J connectivity index is 1.42. The Kier molecular flexibility index (Phi) is 4.72. The first kappa shape index (κ1) is 17.4. The van der Waals surface area contributed by atoms with Crippen LogP contribution in [-0.2, 0) is 19.6 Å². The summed E-state index contributed by atoms with van der Waals surface area (Å²) in [5.74, 6) is 1.62. The molecule has 1 atom stereocenters. The zero-order valence-electron chi connectivity index (χ0n) is 15.4. The predicted octanol–water partition coefficient (Wildman–Crippen LogP) is 2.08. The Labute approximate surface area is 157 Å². The van der Waals surface area contributed by atoms with Gasteiger partial charge in [0.05, 0.1) is 43.0 Å². The minimum Gasteiger partial charge on any atom is -0.468 e. The molecule has 8 nitrogen and oxygen atoms in total. The number of nitrogens with one attached hydrogen (secondary N) is 1. The first-order chi connectivity index (χ1) is 13.1. The Morgan fingerprint density at radius 2 is 2.22 bits per heavy atom. The fourth-order valence-corrected chi connectivity index (χ4v) is 3.24. The van der Waals surface area contributed by atoms with E-state index in [-0.39, 0.29) is 11.9 Å². The Morgan fingerprint density at radius 1 is 1.33 bits per heavy atom. The molecular formula is C19H22N6O2. The van der Waals surface area contributed by atoms with E-state index in [1.807, 2.05) is 25.3 Å². The fourth-order valence-electron chi connectivity index (χ4n) is 3.24. The lowest BCUT2D eigenvalue weighted by Gasteiger charge is -2.32. The van der Waals surface area contributed by atoms with Gasteiger partial charge in [-0.2, -0.15) is 0 Å². The van der Waals surface area contributed by atoms with Crippen molar-refractivity contribution in [3.8, 4) is 0 Å². The number of hydrogen-bond acceptors (Lipinski definition) is 6. The molecule has 3 aromatic rings. The molecule has 1 aliphatic heterocycles. The van der Waals surface area contributed by atoms with E-state index in [2.05, 4.69) is 36.7 Å². The highest BCUT2D eigenvalue weighted by Crippen LogP contribution is 2.26. The highest BCUT2D eigenvalue weighted by atomic mass is 16.3. The largest absolute Gasteiger partial charge is 0.468 e. The molecule has 3 aromatic heterocycles. The number of imidazole rings is 1. The molecule has 0 bridgehead atoms. The van der Waals surface area contributed by atoms with Crippen molar-refractivity contribution in [2.75, 3.05) is 6.54 Å². The molecule has 0 spiro atoms. The normalized spacial score (nSPS) is 16.9. The summed E-state index contributed by atoms with van der Waals surface area (Å²) in [6.07, 6.45) is 6.87. The molecular weight excluding hydrogens is 344 g/mol. The van der Waals surface area contributed by atoms with Crippen molar-refractivity contribution in [3.63, 3.8) is 0 Å². The summed E-state index contributed by atoms with van der Waals surface area (Å²) in [4.78, 5) is 27.8. The van der Waals surface area contributed by atoms with Crippen molar-refractivity contribution in [2.24, 2.45) is 0 Å². The molecule has 1 aliphatic rings. The molecule has 0 radical (unpaired) electrons. The van der Waals surface area contributed by atoms with Gasteiger partial charge in [-0.25, -0.2) is 4.98 Å². The van der Waals surface area contributed by atoms with Gasteiger partial charge in [-0.05, 0) is 26.0 Å². The minimum absolute atomic E-state index is 0.105. The smallest absolute Gasteiger partial charge is 0.271 e. The minimum atomic E-state index is -0.205. The van der Waals surface area contributed by atoms with Crippen molar-refractivity contribution < 1.29 is 9.21 Å². The Bertz CT molecular complexity index is 916. The molecule has 1 N–H and O–H groups in total. The molecule has 0 aromatic carbocycles. The Hall–Kier alpha value is -3.00. The van der Waals surface area contributed by atoms with Crippen molar-refractivity contribution in [1.29, 1.82) is 0 Å². The zero-order valence-corrected chi connectivity index (χ0v) is 15.4. The van der Waals surface area contributed by atoms with Gasteiger partial charge in [0.25, 0.3) is 5.91 Å². The third kappa shape index (κ3) is 3.75. The number of carbonyl (C=O) groups is 1. The Morgan fingerprint density at radius 3 is 2.96 bits per heavy atom. The van der Waals surface area contributed by atoms with Crippen LogP contribution >= 0.6 is 0 Å². The molecule has 0 aliphatic carbocycles. The summed E-state index contributed by atoms with van der Waals surface area (Å²) in [7, 11) is 0. The zero-order chi connectivity index (χ0) is 18.8. The standard InChI is InChI=1S/C19H22N6O2/c1-13-8-21-15(9-20-13)10-22-19(26)17-12-25-6-5-24(14(2)18(25)23-17)11-16-4-3-7-27-16/h3-4,7-9,12,14H,5-6,10-11H2,1-2H3,(H,22,26). The van der Waals surface area contributed by atoms with Crippen LogP contribution in [0.1, 0.15) is 46.4 Å². The lowest BCUT2D eigenvalue weighted by molar-refractivity contribution is 0.0945. The van der Waals surface area contributed by atoms with Crippen LogP contribution in [0.15, 0.2) is 41.4 Å². The van der Waals surface area contributed by atoms with Gasteiger partial charge in [-0.15, -0.1) is 0 Å². The SMILES string of the molecule is Cc1cnc(CNC(=O)c2cn3c(n2)C(C)N(Cc2ccco2)CC3)cn1. The highest BCUT2D eigenvalue weighted by Gasteiger charge is 2.28. The molecule has 1 unspecified atom stereocenters. The fraction of sp³-hybridized carbons (Fsp3) is 0.368. The number of nitrogens with zero attached hydrogens (tertiary/aromatic N) is 5. The van der Waals surface area contributed by atoms with Gasteiger partial charge in [0.1, 0.15) is 17.3 Å². The number of furan rings is 1. The van der Waals surface area contributed by atoms with Gasteiger partial charge in [0.2, 0.25) is 0 Å². The van der Waals surface area contributed by atoms with Gasteiger partial charge >= 0.3 is 0 Å². The first-order valence-corrected chi connectivity index (χ1v) is 8.99. The van der Waals surface area contributed by atoms with Crippen LogP contribution in [0.3, 0.4) is 0 Å². The van der Waals surface area contributed by atoms with Gasteiger partial charge < -0.3 is 14.3 Å². The second kappa shape index (κ2) is 7.32. The average Bonchev–Trinajstić information content (AvgIpc) is 3.33. The maximum atomic E-state index is 12.5. The number of fused-ring (bicyclic) bond motifs is 1. The van der Waals surface area contributed by atoms with Crippen LogP contribution in [0.5, 0.6) is 0 Å². The third-order valence-electron chi connectivity index (χ3n) is 4.79. The predicted molar refractivity (Wildman–Crippen MR) is 97.7 cm³/mol. The van der Waals surface area contributed by atoms with Crippen molar-refractivity contribution in [2.45, 2.75) is 39.5 Å². The molecule has 0 fully saturated rings. The van der Waals surface area contributed by atoms with E-state index in [1.54, 1.807) is 18.7 Å². The molecule has 27 heavy (non-hydrogen) atoms. The number of aryl methyl sites for hydroxylation is 1. The highest BCUT2D eigenvalue weighted by molar-refractivity contribution is 5.92. The maximum absolute atomic E-state index is 12.5. The van der Waals surface area contributed by atoms with Crippen molar-refractivity contribution in [1.82, 2.24) is 29.7 Å². The molecule has 8 heteroatoms. The van der Waals surface area contributed by atoms with E-state index in [0.29, 0.717) is 12.2 Å². The lowest BCUT2D eigenvalue weighted by Crippen LogP contribution is -2.36. The van der Waals surface area contributed by atoms with E-state index < -0.39 is 0 Å². The summed E-state index contributed by atoms with van der Waals surface area (Å²) in [5.41, 5.74) is 1.99. The summed E-state index contributed by atoms with van der Waals surface area (Å²) in [6.45, 7) is 6.71. The van der Waals surface area contributed by atoms with E-state index in [1.165, 1.54) is 0 Å². The molecule has 0 saturated carbocycles. The number of aromatic nitrogens is 4. The van der Waals surface area contributed by atoms with Gasteiger partial charge in [0, 0.05) is 25.5 Å². The molecule has 1 amide bonds. The summed E-state index contributed by atoms with van der Waals surface area (Å²) in [5, 5.41) is 2.86. The van der Waals surface area contributed by atoms with E-state index in [0.717, 1.165) is 42.6 Å². The van der Waals surface area contributed by atoms with Crippen molar-refractivity contribution >= 4 is 5.91 Å².